The van der Waals surface area contributed by atoms with Crippen LogP contribution < -0.4 is 10.6 Å². The smallest absolute Gasteiger partial charge is 0.167 e. The average Bonchev–Trinajstić information content (AvgIpc) is 2.83. The maximum atomic E-state index is 5.29. The molecule has 0 bridgehead atoms. The van der Waals surface area contributed by atoms with E-state index in [1.807, 2.05) is 37.6 Å². The van der Waals surface area contributed by atoms with Crippen LogP contribution in [0.1, 0.15) is 24.1 Å². The first kappa shape index (κ1) is 13.5. The summed E-state index contributed by atoms with van der Waals surface area (Å²) in [4.78, 5) is 0. The molecule has 2 N–H and O–H groups in total. The van der Waals surface area contributed by atoms with Gasteiger partial charge in [-0.05, 0) is 24.7 Å². The van der Waals surface area contributed by atoms with Crippen molar-refractivity contribution in [3.05, 3.63) is 53.9 Å². The quantitative estimate of drug-likeness (QED) is 0.838. The summed E-state index contributed by atoms with van der Waals surface area (Å²) in [5.74, 6) is 0. The van der Waals surface area contributed by atoms with E-state index < -0.39 is 0 Å². The van der Waals surface area contributed by atoms with Crippen molar-refractivity contribution in [1.82, 2.24) is 20.4 Å². The first-order valence-corrected chi connectivity index (χ1v) is 6.63. The summed E-state index contributed by atoms with van der Waals surface area (Å²) in [6.45, 7) is 2.77. The average molecular weight is 274 g/mol. The molecule has 0 saturated carbocycles. The minimum atomic E-state index is 0.190. The van der Waals surface area contributed by atoms with Gasteiger partial charge in [-0.25, -0.2) is 0 Å². The highest BCUT2D eigenvalue weighted by atomic mass is 32.1. The van der Waals surface area contributed by atoms with Crippen LogP contribution in [-0.2, 0) is 13.6 Å². The van der Waals surface area contributed by atoms with Gasteiger partial charge in [-0.1, -0.05) is 30.3 Å². The molecule has 5 heteroatoms. The van der Waals surface area contributed by atoms with E-state index in [9.17, 15) is 0 Å². The lowest BCUT2D eigenvalue weighted by Gasteiger charge is -2.17. The lowest BCUT2D eigenvalue weighted by molar-refractivity contribution is 0.697. The zero-order valence-corrected chi connectivity index (χ0v) is 11.9. The fraction of sp³-hybridized carbons (Fsp3) is 0.286. The highest BCUT2D eigenvalue weighted by Crippen LogP contribution is 2.10. The molecule has 0 aliphatic heterocycles. The van der Waals surface area contributed by atoms with Gasteiger partial charge >= 0.3 is 0 Å². The first-order chi connectivity index (χ1) is 9.15. The Labute approximate surface area is 118 Å². The minimum Gasteiger partial charge on any atom is -0.359 e. The molecule has 0 saturated heterocycles. The molecule has 1 heterocycles. The normalized spacial score (nSPS) is 11.9. The van der Waals surface area contributed by atoms with Crippen molar-refractivity contribution in [2.24, 2.45) is 7.05 Å². The van der Waals surface area contributed by atoms with Crippen LogP contribution in [0.4, 0.5) is 0 Å². The van der Waals surface area contributed by atoms with E-state index in [1.165, 1.54) is 5.56 Å². The third-order valence-corrected chi connectivity index (χ3v) is 3.12. The van der Waals surface area contributed by atoms with E-state index in [4.69, 9.17) is 12.2 Å². The Bertz CT molecular complexity index is 535. The molecule has 0 aliphatic carbocycles. The van der Waals surface area contributed by atoms with Crippen LogP contribution in [0.5, 0.6) is 0 Å². The monoisotopic (exact) mass is 274 g/mol. The number of thiocarbonyl (C=S) groups is 1. The summed E-state index contributed by atoms with van der Waals surface area (Å²) in [5, 5.41) is 11.2. The Kier molecular flexibility index (Phi) is 4.52. The van der Waals surface area contributed by atoms with E-state index in [-0.39, 0.29) is 6.04 Å². The molecule has 1 atom stereocenters. The van der Waals surface area contributed by atoms with Gasteiger partial charge in [0, 0.05) is 25.4 Å². The number of aryl methyl sites for hydroxylation is 1. The van der Waals surface area contributed by atoms with Gasteiger partial charge in [0.25, 0.3) is 0 Å². The molecule has 1 aromatic heterocycles. The van der Waals surface area contributed by atoms with Gasteiger partial charge in [0.15, 0.2) is 5.11 Å². The van der Waals surface area contributed by atoms with Crippen LogP contribution in [0.3, 0.4) is 0 Å². The summed E-state index contributed by atoms with van der Waals surface area (Å²) >= 11 is 5.29. The fourth-order valence-electron chi connectivity index (χ4n) is 1.82. The van der Waals surface area contributed by atoms with E-state index >= 15 is 0 Å². The Morgan fingerprint density at radius 3 is 2.74 bits per heavy atom. The minimum absolute atomic E-state index is 0.190. The molecule has 0 fully saturated rings. The van der Waals surface area contributed by atoms with Crippen molar-refractivity contribution < 1.29 is 0 Å². The van der Waals surface area contributed by atoms with Crippen molar-refractivity contribution in [2.75, 3.05) is 0 Å². The van der Waals surface area contributed by atoms with Crippen molar-refractivity contribution in [2.45, 2.75) is 19.5 Å². The second-order valence-corrected chi connectivity index (χ2v) is 4.89. The molecule has 2 rings (SSSR count). The number of aromatic nitrogens is 2. The topological polar surface area (TPSA) is 41.9 Å². The van der Waals surface area contributed by atoms with Crippen molar-refractivity contribution in [1.29, 1.82) is 0 Å². The number of benzene rings is 1. The number of rotatable bonds is 4. The van der Waals surface area contributed by atoms with Gasteiger partial charge in [0.2, 0.25) is 0 Å². The fourth-order valence-corrected chi connectivity index (χ4v) is 2.07. The summed E-state index contributed by atoms with van der Waals surface area (Å²) in [7, 11) is 1.90. The SMILES string of the molecule is C[C@@H](NC(=S)NCc1cnn(C)c1)c1ccccc1. The molecule has 0 aliphatic rings. The summed E-state index contributed by atoms with van der Waals surface area (Å²) in [5.41, 5.74) is 2.33. The lowest BCUT2D eigenvalue weighted by atomic mass is 10.1. The Morgan fingerprint density at radius 2 is 2.11 bits per heavy atom. The van der Waals surface area contributed by atoms with Crippen LogP contribution in [-0.4, -0.2) is 14.9 Å². The third-order valence-electron chi connectivity index (χ3n) is 2.86. The first-order valence-electron chi connectivity index (χ1n) is 6.22. The number of nitrogens with one attached hydrogen (secondary N) is 2. The number of hydrogen-bond donors (Lipinski definition) is 2. The zero-order valence-electron chi connectivity index (χ0n) is 11.1. The molecule has 0 radical (unpaired) electrons. The Morgan fingerprint density at radius 1 is 1.37 bits per heavy atom. The van der Waals surface area contributed by atoms with Gasteiger partial charge in [0.1, 0.15) is 0 Å². The second-order valence-electron chi connectivity index (χ2n) is 4.48. The molecule has 4 nitrogen and oxygen atoms in total. The van der Waals surface area contributed by atoms with Gasteiger partial charge in [-0.2, -0.15) is 5.10 Å². The molecule has 0 amide bonds. The second kappa shape index (κ2) is 6.33. The van der Waals surface area contributed by atoms with Crippen molar-refractivity contribution in [3.63, 3.8) is 0 Å². The van der Waals surface area contributed by atoms with E-state index in [1.54, 1.807) is 4.68 Å². The van der Waals surface area contributed by atoms with Gasteiger partial charge in [0.05, 0.1) is 12.2 Å². The third kappa shape index (κ3) is 4.06. The zero-order chi connectivity index (χ0) is 13.7. The van der Waals surface area contributed by atoms with Crippen LogP contribution in [0.15, 0.2) is 42.7 Å². The van der Waals surface area contributed by atoms with Gasteiger partial charge in [-0.15, -0.1) is 0 Å². The van der Waals surface area contributed by atoms with Crippen molar-refractivity contribution >= 4 is 17.3 Å². The standard InChI is InChI=1S/C14H18N4S/c1-11(13-6-4-3-5-7-13)17-14(19)15-8-12-9-16-18(2)10-12/h3-7,9-11H,8H2,1-2H3,(H2,15,17,19)/t11-/m1/s1. The predicted molar refractivity (Wildman–Crippen MR) is 80.6 cm³/mol. The predicted octanol–water partition coefficient (Wildman–Crippen LogP) is 2.15. The highest BCUT2D eigenvalue weighted by molar-refractivity contribution is 7.80. The number of nitrogens with zero attached hydrogens (tertiary/aromatic N) is 2. The van der Waals surface area contributed by atoms with E-state index in [0.29, 0.717) is 11.7 Å². The molecule has 100 valence electrons. The largest absolute Gasteiger partial charge is 0.359 e. The van der Waals surface area contributed by atoms with Crippen LogP contribution in [0.25, 0.3) is 0 Å². The maximum absolute atomic E-state index is 5.29. The molecule has 0 unspecified atom stereocenters. The summed E-state index contributed by atoms with van der Waals surface area (Å²) in [6.07, 6.45) is 3.80. The lowest BCUT2D eigenvalue weighted by Crippen LogP contribution is -2.36. The molecule has 1 aromatic carbocycles. The maximum Gasteiger partial charge on any atom is 0.167 e. The van der Waals surface area contributed by atoms with E-state index in [0.717, 1.165) is 5.56 Å². The van der Waals surface area contributed by atoms with E-state index in [2.05, 4.69) is 34.8 Å². The van der Waals surface area contributed by atoms with Crippen LogP contribution in [0, 0.1) is 0 Å². The molecule has 0 spiro atoms. The summed E-state index contributed by atoms with van der Waals surface area (Å²) in [6, 6.07) is 10.4. The summed E-state index contributed by atoms with van der Waals surface area (Å²) < 4.78 is 1.78. The van der Waals surface area contributed by atoms with Crippen molar-refractivity contribution in [3.8, 4) is 0 Å². The molecule has 2 aromatic rings. The van der Waals surface area contributed by atoms with Crippen LogP contribution in [0.2, 0.25) is 0 Å². The Hall–Kier alpha value is -1.88. The van der Waals surface area contributed by atoms with Crippen LogP contribution >= 0.6 is 12.2 Å². The van der Waals surface area contributed by atoms with Gasteiger partial charge in [-0.3, -0.25) is 4.68 Å². The Balaban J connectivity index is 1.81. The molecular formula is C14H18N4S. The van der Waals surface area contributed by atoms with Gasteiger partial charge < -0.3 is 10.6 Å². The number of hydrogen-bond acceptors (Lipinski definition) is 2. The molecule has 19 heavy (non-hydrogen) atoms. The molecular weight excluding hydrogens is 256 g/mol. The highest BCUT2D eigenvalue weighted by Gasteiger charge is 2.06.